The summed E-state index contributed by atoms with van der Waals surface area (Å²) in [4.78, 5) is 22.3. The summed E-state index contributed by atoms with van der Waals surface area (Å²) in [6, 6.07) is 26.9. The number of fused-ring (bicyclic) bond motifs is 1. The van der Waals surface area contributed by atoms with E-state index >= 15 is 0 Å². The Morgan fingerprint density at radius 3 is 2.41 bits per heavy atom. The van der Waals surface area contributed by atoms with E-state index in [9.17, 15) is 4.79 Å². The Hall–Kier alpha value is -4.52. The van der Waals surface area contributed by atoms with Crippen LogP contribution in [-0.2, 0) is 6.42 Å². The second-order valence-corrected chi connectivity index (χ2v) is 7.75. The first kappa shape index (κ1) is 21.3. The van der Waals surface area contributed by atoms with Crippen LogP contribution >= 0.6 is 0 Å². The van der Waals surface area contributed by atoms with Gasteiger partial charge < -0.3 is 10.1 Å². The van der Waals surface area contributed by atoms with Gasteiger partial charge in [0.05, 0.1) is 18.5 Å². The fourth-order valence-electron chi connectivity index (χ4n) is 3.74. The molecule has 0 unspecified atom stereocenters. The SMILES string of the molecule is COc1ccc(-c2cc(C(=O)NCCc3ccccn3)n3nc(-c4ccccc4)cc3n2)cc1. The van der Waals surface area contributed by atoms with Gasteiger partial charge in [-0.3, -0.25) is 9.78 Å². The molecule has 7 heteroatoms. The molecule has 168 valence electrons. The standard InChI is InChI=1S/C27H23N5O2/c1-34-22-12-10-20(11-13-22)23-17-25(27(33)29-16-14-21-9-5-6-15-28-21)32-26(30-23)18-24(31-32)19-7-3-2-4-8-19/h2-13,15,17-18H,14,16H2,1H3,(H,29,33). The van der Waals surface area contributed by atoms with Crippen molar-refractivity contribution < 1.29 is 9.53 Å². The molecule has 0 spiro atoms. The molecule has 0 aliphatic carbocycles. The van der Waals surface area contributed by atoms with E-state index in [2.05, 4.69) is 10.3 Å². The van der Waals surface area contributed by atoms with Gasteiger partial charge >= 0.3 is 0 Å². The van der Waals surface area contributed by atoms with Crippen molar-refractivity contribution in [2.75, 3.05) is 13.7 Å². The van der Waals surface area contributed by atoms with E-state index in [1.807, 2.05) is 78.9 Å². The molecule has 2 aromatic carbocycles. The third-order valence-electron chi connectivity index (χ3n) is 5.51. The normalized spacial score (nSPS) is 10.9. The van der Waals surface area contributed by atoms with Gasteiger partial charge in [0.1, 0.15) is 11.4 Å². The first-order valence-corrected chi connectivity index (χ1v) is 11.0. The second kappa shape index (κ2) is 9.54. The highest BCUT2D eigenvalue weighted by atomic mass is 16.5. The third-order valence-corrected chi connectivity index (χ3v) is 5.51. The van der Waals surface area contributed by atoms with Crippen molar-refractivity contribution in [3.63, 3.8) is 0 Å². The van der Waals surface area contributed by atoms with Gasteiger partial charge in [0.25, 0.3) is 5.91 Å². The molecule has 3 aromatic heterocycles. The first-order valence-electron chi connectivity index (χ1n) is 11.0. The number of nitrogens with zero attached hydrogens (tertiary/aromatic N) is 4. The minimum absolute atomic E-state index is 0.221. The lowest BCUT2D eigenvalue weighted by Gasteiger charge is -2.10. The van der Waals surface area contributed by atoms with E-state index in [1.54, 1.807) is 23.9 Å². The van der Waals surface area contributed by atoms with Crippen LogP contribution in [0.15, 0.2) is 91.1 Å². The van der Waals surface area contributed by atoms with Crippen LogP contribution in [0.2, 0.25) is 0 Å². The Balaban J connectivity index is 1.51. The summed E-state index contributed by atoms with van der Waals surface area (Å²) in [5, 5.41) is 7.69. The smallest absolute Gasteiger partial charge is 0.270 e. The zero-order valence-corrected chi connectivity index (χ0v) is 18.7. The van der Waals surface area contributed by atoms with Crippen molar-refractivity contribution in [1.82, 2.24) is 24.9 Å². The molecule has 0 saturated carbocycles. The highest BCUT2D eigenvalue weighted by Crippen LogP contribution is 2.25. The van der Waals surface area contributed by atoms with Gasteiger partial charge in [-0.25, -0.2) is 9.50 Å². The number of pyridine rings is 1. The topological polar surface area (TPSA) is 81.4 Å². The van der Waals surface area contributed by atoms with Gasteiger partial charge in [0.2, 0.25) is 0 Å². The van der Waals surface area contributed by atoms with E-state index in [4.69, 9.17) is 14.8 Å². The van der Waals surface area contributed by atoms with Crippen LogP contribution in [0.1, 0.15) is 16.2 Å². The molecule has 0 aliphatic rings. The van der Waals surface area contributed by atoms with Crippen LogP contribution in [0.25, 0.3) is 28.2 Å². The molecule has 1 N–H and O–H groups in total. The number of nitrogens with one attached hydrogen (secondary N) is 1. The van der Waals surface area contributed by atoms with E-state index in [0.717, 1.165) is 28.3 Å². The molecule has 0 radical (unpaired) electrons. The maximum absolute atomic E-state index is 13.2. The molecule has 0 fully saturated rings. The minimum Gasteiger partial charge on any atom is -0.497 e. The van der Waals surface area contributed by atoms with Gasteiger partial charge in [-0.05, 0) is 42.5 Å². The largest absolute Gasteiger partial charge is 0.497 e. The summed E-state index contributed by atoms with van der Waals surface area (Å²) in [7, 11) is 1.63. The maximum atomic E-state index is 13.2. The van der Waals surface area contributed by atoms with Crippen molar-refractivity contribution >= 4 is 11.6 Å². The molecule has 7 nitrogen and oxygen atoms in total. The van der Waals surface area contributed by atoms with Gasteiger partial charge in [0.15, 0.2) is 5.65 Å². The van der Waals surface area contributed by atoms with Crippen LogP contribution in [0.3, 0.4) is 0 Å². The summed E-state index contributed by atoms with van der Waals surface area (Å²) in [5.74, 6) is 0.536. The number of hydrogen-bond donors (Lipinski definition) is 1. The lowest BCUT2D eigenvalue weighted by molar-refractivity contribution is 0.0946. The predicted octanol–water partition coefficient (Wildman–Crippen LogP) is 4.44. The number of benzene rings is 2. The minimum atomic E-state index is -0.221. The van der Waals surface area contributed by atoms with Crippen molar-refractivity contribution in [2.45, 2.75) is 6.42 Å². The van der Waals surface area contributed by atoms with E-state index in [-0.39, 0.29) is 5.91 Å². The van der Waals surface area contributed by atoms with Gasteiger partial charge in [0, 0.05) is 42.0 Å². The van der Waals surface area contributed by atoms with Crippen LogP contribution in [0.4, 0.5) is 0 Å². The average Bonchev–Trinajstić information content (AvgIpc) is 3.33. The van der Waals surface area contributed by atoms with Crippen molar-refractivity contribution in [1.29, 1.82) is 0 Å². The van der Waals surface area contributed by atoms with Crippen molar-refractivity contribution in [3.8, 4) is 28.3 Å². The van der Waals surface area contributed by atoms with Gasteiger partial charge in [-0.1, -0.05) is 36.4 Å². The summed E-state index contributed by atoms with van der Waals surface area (Å²) in [5.41, 5.74) is 5.22. The number of aromatic nitrogens is 4. The highest BCUT2D eigenvalue weighted by molar-refractivity contribution is 5.94. The highest BCUT2D eigenvalue weighted by Gasteiger charge is 2.17. The molecule has 0 atom stereocenters. The Kier molecular flexibility index (Phi) is 5.99. The lowest BCUT2D eigenvalue weighted by atomic mass is 10.1. The molecule has 0 bridgehead atoms. The summed E-state index contributed by atoms with van der Waals surface area (Å²) >= 11 is 0. The monoisotopic (exact) mass is 449 g/mol. The Bertz CT molecular complexity index is 1410. The molecule has 34 heavy (non-hydrogen) atoms. The molecule has 0 aliphatic heterocycles. The molecule has 1 amide bonds. The van der Waals surface area contributed by atoms with Crippen LogP contribution in [0, 0.1) is 0 Å². The fraction of sp³-hybridized carbons (Fsp3) is 0.111. The average molecular weight is 450 g/mol. The Morgan fingerprint density at radius 2 is 1.68 bits per heavy atom. The number of carbonyl (C=O) groups excluding carboxylic acids is 1. The quantitative estimate of drug-likeness (QED) is 0.397. The third kappa shape index (κ3) is 4.49. The molecule has 5 aromatic rings. The van der Waals surface area contributed by atoms with Gasteiger partial charge in [-0.2, -0.15) is 5.10 Å². The van der Waals surface area contributed by atoms with Crippen LogP contribution in [0.5, 0.6) is 5.75 Å². The molecule has 0 saturated heterocycles. The number of hydrogen-bond acceptors (Lipinski definition) is 5. The second-order valence-electron chi connectivity index (χ2n) is 7.75. The lowest BCUT2D eigenvalue weighted by Crippen LogP contribution is -2.28. The molecular formula is C27H23N5O2. The fourth-order valence-corrected chi connectivity index (χ4v) is 3.74. The summed E-state index contributed by atoms with van der Waals surface area (Å²) in [6.45, 7) is 0.463. The molecular weight excluding hydrogens is 426 g/mol. The van der Waals surface area contributed by atoms with E-state index < -0.39 is 0 Å². The zero-order chi connectivity index (χ0) is 23.3. The number of methoxy groups -OCH3 is 1. The maximum Gasteiger partial charge on any atom is 0.270 e. The number of carbonyl (C=O) groups is 1. The zero-order valence-electron chi connectivity index (χ0n) is 18.7. The van der Waals surface area contributed by atoms with Crippen LogP contribution in [-0.4, -0.2) is 39.1 Å². The number of rotatable bonds is 7. The van der Waals surface area contributed by atoms with Crippen molar-refractivity contribution in [2.24, 2.45) is 0 Å². The number of ether oxygens (including phenoxy) is 1. The van der Waals surface area contributed by atoms with E-state index in [0.29, 0.717) is 30.0 Å². The molecule has 5 rings (SSSR count). The van der Waals surface area contributed by atoms with Crippen molar-refractivity contribution in [3.05, 3.63) is 103 Å². The van der Waals surface area contributed by atoms with E-state index in [1.165, 1.54) is 0 Å². The van der Waals surface area contributed by atoms with Crippen LogP contribution < -0.4 is 10.1 Å². The summed E-state index contributed by atoms with van der Waals surface area (Å²) < 4.78 is 6.87. The predicted molar refractivity (Wildman–Crippen MR) is 131 cm³/mol. The number of amides is 1. The van der Waals surface area contributed by atoms with Gasteiger partial charge in [-0.15, -0.1) is 0 Å². The summed E-state index contributed by atoms with van der Waals surface area (Å²) in [6.07, 6.45) is 2.39. The molecule has 3 heterocycles. The Morgan fingerprint density at radius 1 is 0.912 bits per heavy atom. The Labute approximate surface area is 197 Å². The first-order chi connectivity index (χ1) is 16.7.